The lowest BCUT2D eigenvalue weighted by atomic mass is 9.93. The Hall–Kier alpha value is -0.770. The summed E-state index contributed by atoms with van der Waals surface area (Å²) in [5, 5.41) is 15.1. The first-order valence-corrected chi connectivity index (χ1v) is 5.46. The molecule has 0 aromatic rings. The molecule has 0 spiro atoms. The molecule has 0 aromatic carbocycles. The Morgan fingerprint density at radius 2 is 2.14 bits per heavy atom. The Kier molecular flexibility index (Phi) is 4.73. The van der Waals surface area contributed by atoms with Gasteiger partial charge < -0.3 is 15.7 Å². The van der Waals surface area contributed by atoms with Crippen molar-refractivity contribution >= 4 is 6.03 Å². The van der Waals surface area contributed by atoms with Gasteiger partial charge in [0, 0.05) is 6.54 Å². The summed E-state index contributed by atoms with van der Waals surface area (Å²) >= 11 is 0. The van der Waals surface area contributed by atoms with Crippen LogP contribution in [0.25, 0.3) is 0 Å². The summed E-state index contributed by atoms with van der Waals surface area (Å²) < 4.78 is 0. The summed E-state index contributed by atoms with van der Waals surface area (Å²) in [5.41, 5.74) is 0. The Labute approximate surface area is 85.1 Å². The van der Waals surface area contributed by atoms with Crippen molar-refractivity contribution in [2.45, 2.75) is 51.2 Å². The predicted molar refractivity (Wildman–Crippen MR) is 55.1 cm³/mol. The summed E-state index contributed by atoms with van der Waals surface area (Å²) in [6.07, 6.45) is 4.42. The van der Waals surface area contributed by atoms with E-state index >= 15 is 0 Å². The van der Waals surface area contributed by atoms with Gasteiger partial charge in [0.05, 0.1) is 12.1 Å². The molecule has 0 saturated heterocycles. The maximum absolute atomic E-state index is 11.3. The molecule has 2 atom stereocenters. The van der Waals surface area contributed by atoms with Gasteiger partial charge in [0.25, 0.3) is 0 Å². The van der Waals surface area contributed by atoms with E-state index in [9.17, 15) is 9.90 Å². The van der Waals surface area contributed by atoms with E-state index < -0.39 is 0 Å². The maximum atomic E-state index is 11.3. The van der Waals surface area contributed by atoms with Gasteiger partial charge >= 0.3 is 6.03 Å². The van der Waals surface area contributed by atoms with Gasteiger partial charge in [-0.2, -0.15) is 0 Å². The van der Waals surface area contributed by atoms with Crippen molar-refractivity contribution in [3.63, 3.8) is 0 Å². The van der Waals surface area contributed by atoms with Gasteiger partial charge in [0.1, 0.15) is 0 Å². The molecule has 3 N–H and O–H groups in total. The van der Waals surface area contributed by atoms with Crippen molar-refractivity contribution in [2.24, 2.45) is 0 Å². The van der Waals surface area contributed by atoms with E-state index in [-0.39, 0.29) is 18.2 Å². The molecule has 1 aliphatic rings. The fraction of sp³-hybridized carbons (Fsp3) is 0.900. The first-order chi connectivity index (χ1) is 6.74. The third kappa shape index (κ3) is 3.54. The number of urea groups is 1. The summed E-state index contributed by atoms with van der Waals surface area (Å²) in [4.78, 5) is 11.3. The number of aliphatic hydroxyl groups is 1. The normalized spacial score (nSPS) is 27.0. The lowest BCUT2D eigenvalue weighted by molar-refractivity contribution is 0.0943. The number of nitrogens with one attached hydrogen (secondary N) is 2. The van der Waals surface area contributed by atoms with E-state index in [0.29, 0.717) is 6.54 Å². The molecule has 0 heterocycles. The lowest BCUT2D eigenvalue weighted by Crippen LogP contribution is -2.49. The third-order valence-electron chi connectivity index (χ3n) is 2.58. The molecule has 0 aromatic heterocycles. The van der Waals surface area contributed by atoms with Crippen LogP contribution in [-0.4, -0.2) is 29.8 Å². The fourth-order valence-electron chi connectivity index (χ4n) is 1.74. The standard InChI is InChI=1S/C10H20N2O2/c1-2-7-11-10(14)12-8-5-3-4-6-9(8)13/h8-9,13H,2-7H2,1H3,(H2,11,12,14). The molecule has 4 nitrogen and oxygen atoms in total. The number of amides is 2. The van der Waals surface area contributed by atoms with E-state index in [4.69, 9.17) is 0 Å². The zero-order chi connectivity index (χ0) is 10.4. The first-order valence-electron chi connectivity index (χ1n) is 5.46. The highest BCUT2D eigenvalue weighted by Crippen LogP contribution is 2.17. The van der Waals surface area contributed by atoms with Gasteiger partial charge in [-0.05, 0) is 19.3 Å². The zero-order valence-electron chi connectivity index (χ0n) is 8.75. The van der Waals surface area contributed by atoms with Crippen LogP contribution in [0.15, 0.2) is 0 Å². The lowest BCUT2D eigenvalue weighted by Gasteiger charge is -2.28. The zero-order valence-corrected chi connectivity index (χ0v) is 8.75. The minimum atomic E-state index is -0.365. The van der Waals surface area contributed by atoms with Gasteiger partial charge in [-0.25, -0.2) is 4.79 Å². The van der Waals surface area contributed by atoms with Crippen LogP contribution in [0.5, 0.6) is 0 Å². The van der Waals surface area contributed by atoms with Crippen molar-refractivity contribution < 1.29 is 9.90 Å². The average Bonchev–Trinajstić information content (AvgIpc) is 2.18. The monoisotopic (exact) mass is 200 g/mol. The Balaban J connectivity index is 2.23. The Morgan fingerprint density at radius 1 is 1.43 bits per heavy atom. The molecule has 1 rings (SSSR count). The second-order valence-electron chi connectivity index (χ2n) is 3.86. The highest BCUT2D eigenvalue weighted by atomic mass is 16.3. The molecule has 0 aliphatic heterocycles. The minimum Gasteiger partial charge on any atom is -0.391 e. The SMILES string of the molecule is CCCNC(=O)NC1CCCCC1O. The van der Waals surface area contributed by atoms with E-state index in [1.807, 2.05) is 6.92 Å². The van der Waals surface area contributed by atoms with Crippen LogP contribution in [-0.2, 0) is 0 Å². The number of aliphatic hydroxyl groups excluding tert-OH is 1. The number of rotatable bonds is 3. The second-order valence-corrected chi connectivity index (χ2v) is 3.86. The summed E-state index contributed by atoms with van der Waals surface area (Å²) in [6, 6.07) is -0.210. The van der Waals surface area contributed by atoms with Crippen LogP contribution >= 0.6 is 0 Å². The van der Waals surface area contributed by atoms with Crippen LogP contribution in [0.1, 0.15) is 39.0 Å². The highest BCUT2D eigenvalue weighted by molar-refractivity contribution is 5.74. The van der Waals surface area contributed by atoms with Crippen molar-refractivity contribution in [2.75, 3.05) is 6.54 Å². The molecular weight excluding hydrogens is 180 g/mol. The number of hydrogen-bond donors (Lipinski definition) is 3. The van der Waals surface area contributed by atoms with Crippen LogP contribution in [0.2, 0.25) is 0 Å². The largest absolute Gasteiger partial charge is 0.391 e. The van der Waals surface area contributed by atoms with Crippen LogP contribution in [0.3, 0.4) is 0 Å². The van der Waals surface area contributed by atoms with E-state index in [2.05, 4.69) is 10.6 Å². The molecule has 1 aliphatic carbocycles. The van der Waals surface area contributed by atoms with E-state index in [0.717, 1.165) is 32.1 Å². The highest BCUT2D eigenvalue weighted by Gasteiger charge is 2.23. The number of carbonyl (C=O) groups excluding carboxylic acids is 1. The average molecular weight is 200 g/mol. The fourth-order valence-corrected chi connectivity index (χ4v) is 1.74. The Bertz CT molecular complexity index is 185. The molecule has 14 heavy (non-hydrogen) atoms. The Morgan fingerprint density at radius 3 is 2.79 bits per heavy atom. The first kappa shape index (κ1) is 11.3. The van der Waals surface area contributed by atoms with Crippen molar-refractivity contribution in [1.82, 2.24) is 10.6 Å². The van der Waals surface area contributed by atoms with Crippen molar-refractivity contribution in [1.29, 1.82) is 0 Å². The molecule has 82 valence electrons. The molecule has 1 saturated carbocycles. The summed E-state index contributed by atoms with van der Waals surface area (Å²) in [6.45, 7) is 2.70. The van der Waals surface area contributed by atoms with E-state index in [1.54, 1.807) is 0 Å². The number of carbonyl (C=O) groups is 1. The topological polar surface area (TPSA) is 61.4 Å². The summed E-state index contributed by atoms with van der Waals surface area (Å²) in [7, 11) is 0. The van der Waals surface area contributed by atoms with Gasteiger partial charge in [-0.3, -0.25) is 0 Å². The smallest absolute Gasteiger partial charge is 0.315 e. The van der Waals surface area contributed by atoms with Gasteiger partial charge in [-0.1, -0.05) is 19.8 Å². The summed E-state index contributed by atoms with van der Waals surface area (Å²) in [5.74, 6) is 0. The quantitative estimate of drug-likeness (QED) is 0.636. The maximum Gasteiger partial charge on any atom is 0.315 e. The third-order valence-corrected chi connectivity index (χ3v) is 2.58. The molecule has 4 heteroatoms. The van der Waals surface area contributed by atoms with Gasteiger partial charge in [-0.15, -0.1) is 0 Å². The second kappa shape index (κ2) is 5.86. The van der Waals surface area contributed by atoms with Gasteiger partial charge in [0.2, 0.25) is 0 Å². The van der Waals surface area contributed by atoms with Crippen molar-refractivity contribution in [3.05, 3.63) is 0 Å². The van der Waals surface area contributed by atoms with Crippen LogP contribution in [0, 0.1) is 0 Å². The molecule has 0 radical (unpaired) electrons. The van der Waals surface area contributed by atoms with Crippen LogP contribution < -0.4 is 10.6 Å². The molecule has 1 fully saturated rings. The molecule has 0 bridgehead atoms. The van der Waals surface area contributed by atoms with Crippen LogP contribution in [0.4, 0.5) is 4.79 Å². The van der Waals surface area contributed by atoms with Gasteiger partial charge in [0.15, 0.2) is 0 Å². The number of hydrogen-bond acceptors (Lipinski definition) is 2. The molecule has 2 unspecified atom stereocenters. The van der Waals surface area contributed by atoms with E-state index in [1.165, 1.54) is 0 Å². The molecule has 2 amide bonds. The van der Waals surface area contributed by atoms with Crippen molar-refractivity contribution in [3.8, 4) is 0 Å². The molecular formula is C10H20N2O2. The minimum absolute atomic E-state index is 0.0550. The predicted octanol–water partition coefficient (Wildman–Crippen LogP) is 0.999.